The van der Waals surface area contributed by atoms with E-state index in [-0.39, 0.29) is 22.6 Å². The molecule has 3 nitrogen and oxygen atoms in total. The highest BCUT2D eigenvalue weighted by Gasteiger charge is 2.35. The topological polar surface area (TPSA) is 38.3 Å². The van der Waals surface area contributed by atoms with Gasteiger partial charge in [-0.1, -0.05) is 32.9 Å². The fourth-order valence-electron chi connectivity index (χ4n) is 2.95. The van der Waals surface area contributed by atoms with Crippen LogP contribution in [0.25, 0.3) is 0 Å². The van der Waals surface area contributed by atoms with Crippen LogP contribution in [-0.2, 0) is 14.9 Å². The van der Waals surface area contributed by atoms with Crippen molar-refractivity contribution in [2.24, 2.45) is 5.41 Å². The molecule has 1 aliphatic rings. The summed E-state index contributed by atoms with van der Waals surface area (Å²) >= 11 is 0. The first-order valence-electron chi connectivity index (χ1n) is 7.91. The molecule has 1 aromatic carbocycles. The number of benzene rings is 1. The molecule has 122 valence electrons. The molecule has 0 aliphatic carbocycles. The monoisotopic (exact) mass is 307 g/mol. The van der Waals surface area contributed by atoms with Crippen molar-refractivity contribution in [2.75, 3.05) is 19.8 Å². The summed E-state index contributed by atoms with van der Waals surface area (Å²) in [6, 6.07) is 6.64. The minimum atomic E-state index is -0.234. The highest BCUT2D eigenvalue weighted by molar-refractivity contribution is 5.76. The van der Waals surface area contributed by atoms with Gasteiger partial charge in [0.05, 0.1) is 0 Å². The summed E-state index contributed by atoms with van der Waals surface area (Å²) < 4.78 is 18.7. The van der Waals surface area contributed by atoms with Crippen LogP contribution in [0, 0.1) is 11.2 Å². The number of rotatable bonds is 4. The summed E-state index contributed by atoms with van der Waals surface area (Å²) in [6.45, 7) is 8.08. The summed E-state index contributed by atoms with van der Waals surface area (Å²) in [6.07, 6.45) is 2.19. The third-order valence-electron chi connectivity index (χ3n) is 4.22. The molecule has 0 atom stereocenters. The van der Waals surface area contributed by atoms with Gasteiger partial charge in [0.2, 0.25) is 5.91 Å². The van der Waals surface area contributed by atoms with Gasteiger partial charge in [0.1, 0.15) is 5.82 Å². The number of hydrogen-bond donors (Lipinski definition) is 1. The van der Waals surface area contributed by atoms with E-state index < -0.39 is 0 Å². The molecule has 2 rings (SSSR count). The van der Waals surface area contributed by atoms with Crippen LogP contribution in [0.1, 0.15) is 45.6 Å². The van der Waals surface area contributed by atoms with Gasteiger partial charge in [-0.05, 0) is 36.0 Å². The number of amides is 1. The molecule has 1 aliphatic heterocycles. The number of carbonyl (C=O) groups is 1. The Labute approximate surface area is 132 Å². The molecule has 0 aromatic heterocycles. The second-order valence-electron chi connectivity index (χ2n) is 7.41. The first-order chi connectivity index (χ1) is 10.3. The Morgan fingerprint density at radius 1 is 1.23 bits per heavy atom. The standard InChI is InChI=1S/C18H26FNO2/c1-17(2,3)12-16(21)20-13-18(8-10-22-11-9-18)14-4-6-15(19)7-5-14/h4-7H,8-13H2,1-3H3,(H,20,21). The van der Waals surface area contributed by atoms with Crippen LogP contribution in [0.4, 0.5) is 4.39 Å². The van der Waals surface area contributed by atoms with Gasteiger partial charge in [-0.15, -0.1) is 0 Å². The predicted molar refractivity (Wildman–Crippen MR) is 85.2 cm³/mol. The van der Waals surface area contributed by atoms with Crippen molar-refractivity contribution in [3.05, 3.63) is 35.6 Å². The van der Waals surface area contributed by atoms with E-state index in [0.29, 0.717) is 26.2 Å². The van der Waals surface area contributed by atoms with Crippen LogP contribution < -0.4 is 5.32 Å². The molecule has 1 amide bonds. The van der Waals surface area contributed by atoms with Crippen molar-refractivity contribution in [1.82, 2.24) is 5.32 Å². The maximum Gasteiger partial charge on any atom is 0.220 e. The lowest BCUT2D eigenvalue weighted by Crippen LogP contribution is -2.45. The molecular weight excluding hydrogens is 281 g/mol. The normalized spacial score (nSPS) is 18.0. The quantitative estimate of drug-likeness (QED) is 0.925. The second kappa shape index (κ2) is 6.78. The van der Waals surface area contributed by atoms with Crippen molar-refractivity contribution in [3.8, 4) is 0 Å². The Balaban J connectivity index is 2.09. The summed E-state index contributed by atoms with van der Waals surface area (Å²) in [4.78, 5) is 12.1. The molecule has 1 N–H and O–H groups in total. The van der Waals surface area contributed by atoms with Crippen LogP contribution in [0.3, 0.4) is 0 Å². The Morgan fingerprint density at radius 2 is 1.82 bits per heavy atom. The van der Waals surface area contributed by atoms with Gasteiger partial charge in [-0.25, -0.2) is 4.39 Å². The van der Waals surface area contributed by atoms with Crippen molar-refractivity contribution in [1.29, 1.82) is 0 Å². The van der Waals surface area contributed by atoms with E-state index >= 15 is 0 Å². The SMILES string of the molecule is CC(C)(C)CC(=O)NCC1(c2ccc(F)cc2)CCOCC1. The molecule has 4 heteroatoms. The predicted octanol–water partition coefficient (Wildman–Crippen LogP) is 3.43. The summed E-state index contributed by atoms with van der Waals surface area (Å²) in [5.41, 5.74) is 0.899. The summed E-state index contributed by atoms with van der Waals surface area (Å²) in [7, 11) is 0. The highest BCUT2D eigenvalue weighted by Crippen LogP contribution is 2.34. The summed E-state index contributed by atoms with van der Waals surface area (Å²) in [5, 5.41) is 3.07. The highest BCUT2D eigenvalue weighted by atomic mass is 19.1. The average Bonchev–Trinajstić information content (AvgIpc) is 2.45. The van der Waals surface area contributed by atoms with Crippen LogP contribution in [0.5, 0.6) is 0 Å². The first-order valence-corrected chi connectivity index (χ1v) is 7.91. The molecular formula is C18H26FNO2. The fourth-order valence-corrected chi connectivity index (χ4v) is 2.95. The van der Waals surface area contributed by atoms with Crippen LogP contribution in [-0.4, -0.2) is 25.7 Å². The van der Waals surface area contributed by atoms with Gasteiger partial charge < -0.3 is 10.1 Å². The molecule has 0 saturated carbocycles. The molecule has 0 radical (unpaired) electrons. The van der Waals surface area contributed by atoms with Crippen molar-refractivity contribution >= 4 is 5.91 Å². The van der Waals surface area contributed by atoms with Crippen LogP contribution >= 0.6 is 0 Å². The van der Waals surface area contributed by atoms with Gasteiger partial charge in [-0.3, -0.25) is 4.79 Å². The van der Waals surface area contributed by atoms with Crippen LogP contribution in [0.2, 0.25) is 0 Å². The van der Waals surface area contributed by atoms with E-state index in [1.54, 1.807) is 0 Å². The molecule has 1 heterocycles. The number of nitrogens with one attached hydrogen (secondary N) is 1. The number of hydrogen-bond acceptors (Lipinski definition) is 2. The van der Waals surface area contributed by atoms with Crippen molar-refractivity contribution < 1.29 is 13.9 Å². The third-order valence-corrected chi connectivity index (χ3v) is 4.22. The minimum absolute atomic E-state index is 0.0250. The maximum absolute atomic E-state index is 13.2. The van der Waals surface area contributed by atoms with Crippen molar-refractivity contribution in [3.63, 3.8) is 0 Å². The Kier molecular flexibility index (Phi) is 5.22. The molecule has 0 unspecified atom stereocenters. The zero-order chi connectivity index (χ0) is 16.2. The first kappa shape index (κ1) is 16.9. The molecule has 1 saturated heterocycles. The van der Waals surface area contributed by atoms with E-state index in [0.717, 1.165) is 18.4 Å². The van der Waals surface area contributed by atoms with Gasteiger partial charge in [-0.2, -0.15) is 0 Å². The molecule has 0 bridgehead atoms. The lowest BCUT2D eigenvalue weighted by molar-refractivity contribution is -0.123. The number of halogens is 1. The van der Waals surface area contributed by atoms with E-state index in [9.17, 15) is 9.18 Å². The van der Waals surface area contributed by atoms with Gasteiger partial charge in [0.25, 0.3) is 0 Å². The Morgan fingerprint density at radius 3 is 2.36 bits per heavy atom. The largest absolute Gasteiger partial charge is 0.381 e. The Hall–Kier alpha value is -1.42. The molecule has 1 fully saturated rings. The van der Waals surface area contributed by atoms with E-state index in [2.05, 4.69) is 26.1 Å². The maximum atomic E-state index is 13.2. The lowest BCUT2D eigenvalue weighted by atomic mass is 9.74. The van der Waals surface area contributed by atoms with Gasteiger partial charge in [0, 0.05) is 31.6 Å². The summed E-state index contributed by atoms with van der Waals surface area (Å²) in [5.74, 6) is -0.164. The number of carbonyl (C=O) groups excluding carboxylic acids is 1. The second-order valence-corrected chi connectivity index (χ2v) is 7.41. The fraction of sp³-hybridized carbons (Fsp3) is 0.611. The van der Waals surface area contributed by atoms with Gasteiger partial charge >= 0.3 is 0 Å². The average molecular weight is 307 g/mol. The van der Waals surface area contributed by atoms with Crippen molar-refractivity contribution in [2.45, 2.75) is 45.4 Å². The third kappa shape index (κ3) is 4.54. The molecule has 0 spiro atoms. The smallest absolute Gasteiger partial charge is 0.220 e. The minimum Gasteiger partial charge on any atom is -0.381 e. The molecule has 1 aromatic rings. The Bertz CT molecular complexity index is 499. The lowest BCUT2D eigenvalue weighted by Gasteiger charge is -2.38. The van der Waals surface area contributed by atoms with E-state index in [1.165, 1.54) is 12.1 Å². The molecule has 22 heavy (non-hydrogen) atoms. The van der Waals surface area contributed by atoms with Gasteiger partial charge in [0.15, 0.2) is 0 Å². The van der Waals surface area contributed by atoms with E-state index in [4.69, 9.17) is 4.74 Å². The van der Waals surface area contributed by atoms with Crippen LogP contribution in [0.15, 0.2) is 24.3 Å². The zero-order valence-corrected chi connectivity index (χ0v) is 13.7. The van der Waals surface area contributed by atoms with E-state index in [1.807, 2.05) is 12.1 Å². The zero-order valence-electron chi connectivity index (χ0n) is 13.7. The number of ether oxygens (including phenoxy) is 1.